The molecule has 0 unspecified atom stereocenters. The summed E-state index contributed by atoms with van der Waals surface area (Å²) < 4.78 is 26.4. The number of aryl methyl sites for hydroxylation is 1. The van der Waals surface area contributed by atoms with Crippen molar-refractivity contribution in [1.82, 2.24) is 0 Å². The van der Waals surface area contributed by atoms with E-state index in [1.54, 1.807) is 6.07 Å². The zero-order valence-electron chi connectivity index (χ0n) is 19.7. The molecular weight excluding hydrogens is 407 g/mol. The SMILES string of the molecule is CCCc1ccc(O[C@H]2OC(CCC)(CCC)[C@H](C)[C@@H](O)[C@H]2O)cc1-c1cccc(F)c1. The van der Waals surface area contributed by atoms with Gasteiger partial charge in [-0.05, 0) is 60.2 Å². The number of rotatable bonds is 9. The summed E-state index contributed by atoms with van der Waals surface area (Å²) in [4.78, 5) is 0. The van der Waals surface area contributed by atoms with E-state index in [-0.39, 0.29) is 11.7 Å². The quantitative estimate of drug-likeness (QED) is 0.507. The van der Waals surface area contributed by atoms with Crippen LogP contribution in [0.15, 0.2) is 42.5 Å². The number of aliphatic hydroxyl groups excluding tert-OH is 2. The number of aliphatic hydroxyl groups is 2. The fourth-order valence-corrected chi connectivity index (χ4v) is 4.99. The third kappa shape index (κ3) is 5.16. The van der Waals surface area contributed by atoms with Crippen molar-refractivity contribution in [2.75, 3.05) is 0 Å². The molecule has 1 heterocycles. The van der Waals surface area contributed by atoms with Crippen LogP contribution in [0.4, 0.5) is 4.39 Å². The normalized spacial score (nSPS) is 25.0. The molecule has 1 saturated heterocycles. The molecule has 0 radical (unpaired) electrons. The van der Waals surface area contributed by atoms with Gasteiger partial charge in [-0.1, -0.05) is 65.2 Å². The Morgan fingerprint density at radius 3 is 2.31 bits per heavy atom. The summed E-state index contributed by atoms with van der Waals surface area (Å²) in [5.41, 5.74) is 2.25. The van der Waals surface area contributed by atoms with Crippen LogP contribution in [0.1, 0.15) is 65.4 Å². The van der Waals surface area contributed by atoms with Crippen molar-refractivity contribution in [3.05, 3.63) is 53.8 Å². The van der Waals surface area contributed by atoms with Crippen LogP contribution in [0.3, 0.4) is 0 Å². The average molecular weight is 445 g/mol. The Kier molecular flexibility index (Phi) is 8.32. The second-order valence-corrected chi connectivity index (χ2v) is 9.02. The van der Waals surface area contributed by atoms with Crippen LogP contribution in [0.25, 0.3) is 11.1 Å². The van der Waals surface area contributed by atoms with E-state index in [1.807, 2.05) is 31.2 Å². The molecule has 2 N–H and O–H groups in total. The number of ether oxygens (including phenoxy) is 2. The summed E-state index contributed by atoms with van der Waals surface area (Å²) in [7, 11) is 0. The molecule has 0 spiro atoms. The molecule has 2 aromatic rings. The lowest BCUT2D eigenvalue weighted by atomic mass is 9.74. The van der Waals surface area contributed by atoms with Crippen LogP contribution >= 0.6 is 0 Å². The van der Waals surface area contributed by atoms with E-state index in [1.165, 1.54) is 12.1 Å². The molecule has 5 heteroatoms. The second kappa shape index (κ2) is 10.8. The highest BCUT2D eigenvalue weighted by molar-refractivity contribution is 5.69. The summed E-state index contributed by atoms with van der Waals surface area (Å²) in [6, 6.07) is 12.2. The molecule has 2 aromatic carbocycles. The molecule has 0 bridgehead atoms. The molecule has 32 heavy (non-hydrogen) atoms. The molecule has 0 saturated carbocycles. The predicted molar refractivity (Wildman–Crippen MR) is 125 cm³/mol. The summed E-state index contributed by atoms with van der Waals surface area (Å²) in [6.07, 6.45) is 2.16. The van der Waals surface area contributed by atoms with Crippen molar-refractivity contribution in [1.29, 1.82) is 0 Å². The zero-order chi connectivity index (χ0) is 23.3. The molecule has 4 atom stereocenters. The van der Waals surface area contributed by atoms with Gasteiger partial charge < -0.3 is 19.7 Å². The molecular formula is C27H37FO4. The largest absolute Gasteiger partial charge is 0.462 e. The number of benzene rings is 2. The Morgan fingerprint density at radius 1 is 0.969 bits per heavy atom. The Balaban J connectivity index is 1.93. The molecule has 0 aliphatic carbocycles. The molecule has 1 fully saturated rings. The van der Waals surface area contributed by atoms with Crippen molar-refractivity contribution in [2.45, 2.75) is 90.3 Å². The molecule has 0 aromatic heterocycles. The monoisotopic (exact) mass is 444 g/mol. The molecule has 1 aliphatic heterocycles. The van der Waals surface area contributed by atoms with Gasteiger partial charge in [0.1, 0.15) is 17.7 Å². The lowest BCUT2D eigenvalue weighted by molar-refractivity contribution is -0.299. The van der Waals surface area contributed by atoms with E-state index in [2.05, 4.69) is 20.8 Å². The van der Waals surface area contributed by atoms with Crippen molar-refractivity contribution >= 4 is 0 Å². The number of hydrogen-bond acceptors (Lipinski definition) is 4. The minimum absolute atomic E-state index is 0.202. The van der Waals surface area contributed by atoms with E-state index >= 15 is 0 Å². The van der Waals surface area contributed by atoms with Gasteiger partial charge in [0.2, 0.25) is 6.29 Å². The maximum Gasteiger partial charge on any atom is 0.229 e. The van der Waals surface area contributed by atoms with Gasteiger partial charge in [0.15, 0.2) is 0 Å². The summed E-state index contributed by atoms with van der Waals surface area (Å²) in [6.45, 7) is 8.24. The van der Waals surface area contributed by atoms with Gasteiger partial charge in [-0.3, -0.25) is 0 Å². The lowest BCUT2D eigenvalue weighted by Gasteiger charge is -2.50. The Bertz CT molecular complexity index is 878. The first-order valence-electron chi connectivity index (χ1n) is 11.9. The highest BCUT2D eigenvalue weighted by Crippen LogP contribution is 2.42. The van der Waals surface area contributed by atoms with Gasteiger partial charge in [0.25, 0.3) is 0 Å². The van der Waals surface area contributed by atoms with E-state index in [0.717, 1.165) is 55.2 Å². The van der Waals surface area contributed by atoms with Gasteiger partial charge in [-0.15, -0.1) is 0 Å². The van der Waals surface area contributed by atoms with Gasteiger partial charge in [-0.25, -0.2) is 4.39 Å². The van der Waals surface area contributed by atoms with Gasteiger partial charge >= 0.3 is 0 Å². The van der Waals surface area contributed by atoms with Crippen LogP contribution in [0.5, 0.6) is 5.75 Å². The predicted octanol–water partition coefficient (Wildman–Crippen LogP) is 5.88. The van der Waals surface area contributed by atoms with Gasteiger partial charge in [0, 0.05) is 5.92 Å². The van der Waals surface area contributed by atoms with Crippen LogP contribution < -0.4 is 4.74 Å². The highest BCUT2D eigenvalue weighted by Gasteiger charge is 2.51. The van der Waals surface area contributed by atoms with Crippen molar-refractivity contribution in [3.63, 3.8) is 0 Å². The average Bonchev–Trinajstić information content (AvgIpc) is 2.77. The first kappa shape index (κ1) is 24.7. The Morgan fingerprint density at radius 2 is 1.69 bits per heavy atom. The van der Waals surface area contributed by atoms with Crippen LogP contribution in [0, 0.1) is 11.7 Å². The van der Waals surface area contributed by atoms with Crippen molar-refractivity contribution in [3.8, 4) is 16.9 Å². The van der Waals surface area contributed by atoms with E-state index in [0.29, 0.717) is 5.75 Å². The maximum absolute atomic E-state index is 13.9. The first-order valence-corrected chi connectivity index (χ1v) is 11.9. The zero-order valence-corrected chi connectivity index (χ0v) is 19.7. The summed E-state index contributed by atoms with van der Waals surface area (Å²) >= 11 is 0. The minimum atomic E-state index is -1.15. The Labute approximate surface area is 191 Å². The number of halogens is 1. The Hall–Kier alpha value is -1.95. The fourth-order valence-electron chi connectivity index (χ4n) is 4.99. The van der Waals surface area contributed by atoms with Gasteiger partial charge in [0.05, 0.1) is 11.7 Å². The third-order valence-corrected chi connectivity index (χ3v) is 6.66. The van der Waals surface area contributed by atoms with E-state index in [9.17, 15) is 14.6 Å². The van der Waals surface area contributed by atoms with E-state index in [4.69, 9.17) is 9.47 Å². The number of hydrogen-bond donors (Lipinski definition) is 2. The van der Waals surface area contributed by atoms with Crippen molar-refractivity contribution < 1.29 is 24.1 Å². The fraction of sp³-hybridized carbons (Fsp3) is 0.556. The summed E-state index contributed by atoms with van der Waals surface area (Å²) in [5.74, 6) is 0.0344. The lowest BCUT2D eigenvalue weighted by Crippen LogP contribution is -2.61. The molecule has 176 valence electrons. The molecule has 0 amide bonds. The summed E-state index contributed by atoms with van der Waals surface area (Å²) in [5, 5.41) is 21.6. The molecule has 1 aliphatic rings. The second-order valence-electron chi connectivity index (χ2n) is 9.02. The smallest absolute Gasteiger partial charge is 0.229 e. The highest BCUT2D eigenvalue weighted by atomic mass is 19.1. The van der Waals surface area contributed by atoms with E-state index < -0.39 is 24.1 Å². The third-order valence-electron chi connectivity index (χ3n) is 6.66. The topological polar surface area (TPSA) is 58.9 Å². The van der Waals surface area contributed by atoms with Crippen molar-refractivity contribution in [2.24, 2.45) is 5.92 Å². The van der Waals surface area contributed by atoms with Crippen LogP contribution in [0.2, 0.25) is 0 Å². The van der Waals surface area contributed by atoms with Crippen LogP contribution in [-0.2, 0) is 11.2 Å². The molecule has 4 nitrogen and oxygen atoms in total. The molecule has 3 rings (SSSR count). The minimum Gasteiger partial charge on any atom is -0.462 e. The van der Waals surface area contributed by atoms with Gasteiger partial charge in [-0.2, -0.15) is 0 Å². The standard InChI is InChI=1S/C27H37FO4/c1-5-9-19-12-13-22(17-23(19)20-10-8-11-21(28)16-20)31-26-25(30)24(29)18(4)27(32-26,14-6-2)15-7-3/h8,10-13,16-18,24-26,29-30H,5-7,9,14-15H2,1-4H3/t18-,24-,25-,26+/m1/s1. The first-order chi connectivity index (χ1) is 15.3. The van der Waals surface area contributed by atoms with Crippen LogP contribution in [-0.4, -0.2) is 34.3 Å². The maximum atomic E-state index is 13.9.